The van der Waals surface area contributed by atoms with E-state index >= 15 is 0 Å². The maximum atomic E-state index is 14.2. The fraction of sp³-hybridized carbons (Fsp3) is 0.947. The van der Waals surface area contributed by atoms with Gasteiger partial charge in [-0.25, -0.2) is 8.42 Å². The third kappa shape index (κ3) is 5.59. The summed E-state index contributed by atoms with van der Waals surface area (Å²) in [6.07, 6.45) is -1.32. The number of ether oxygens (including phenoxy) is 1. The molecule has 1 atom stereocenters. The molecule has 1 aliphatic rings. The van der Waals surface area contributed by atoms with E-state index in [4.69, 9.17) is 9.29 Å². The summed E-state index contributed by atoms with van der Waals surface area (Å²) >= 11 is 0. The van der Waals surface area contributed by atoms with Gasteiger partial charge in [0.05, 0.1) is 5.41 Å². The second-order valence-electron chi connectivity index (χ2n) is 10.3. The molecule has 1 unspecified atom stereocenters. The van der Waals surface area contributed by atoms with Gasteiger partial charge in [-0.1, -0.05) is 34.6 Å². The lowest BCUT2D eigenvalue weighted by molar-refractivity contribution is -0.247. The molecule has 35 heavy (non-hydrogen) atoms. The van der Waals surface area contributed by atoms with E-state index in [1.54, 1.807) is 6.92 Å². The minimum Gasteiger partial charge on any atom is -0.462 e. The summed E-state index contributed by atoms with van der Waals surface area (Å²) in [6, 6.07) is 0. The van der Waals surface area contributed by atoms with Gasteiger partial charge < -0.3 is 4.74 Å². The predicted octanol–water partition coefficient (Wildman–Crippen LogP) is 4.13. The molecule has 1 heterocycles. The summed E-state index contributed by atoms with van der Waals surface area (Å²) in [5.74, 6) is -7.52. The largest absolute Gasteiger partial charge is 0.462 e. The molecule has 0 amide bonds. The Morgan fingerprint density at radius 3 is 1.71 bits per heavy atom. The Kier molecular flexibility index (Phi) is 8.78. The highest BCUT2D eigenvalue weighted by Gasteiger charge is 2.82. The number of halogens is 6. The van der Waals surface area contributed by atoms with E-state index in [2.05, 4.69) is 0 Å². The standard InChI is InChI=1S/C19H31F6NO7S2/c1-12(2)11-16(6,15(3,4)5)14(27)33-13-7-9-26(10-8-13)34(28,29)18(22,23)17(20,21)19(24,25)35(30,31)32/h12-13H,7-11H2,1-6H3,(H,30,31,32). The number of sulfonamides is 1. The number of piperidine rings is 1. The second-order valence-corrected chi connectivity index (χ2v) is 13.7. The number of hydrogen-bond acceptors (Lipinski definition) is 6. The number of carbonyl (C=O) groups excluding carboxylic acids is 1. The van der Waals surface area contributed by atoms with Gasteiger partial charge >= 0.3 is 32.5 Å². The number of alkyl halides is 6. The van der Waals surface area contributed by atoms with Gasteiger partial charge in [-0.3, -0.25) is 9.35 Å². The average molecular weight is 564 g/mol. The molecule has 0 aromatic carbocycles. The summed E-state index contributed by atoms with van der Waals surface area (Å²) in [7, 11) is -13.6. The van der Waals surface area contributed by atoms with Crippen molar-refractivity contribution in [1.29, 1.82) is 0 Å². The number of esters is 1. The lowest BCUT2D eigenvalue weighted by Gasteiger charge is -2.42. The fourth-order valence-corrected chi connectivity index (χ4v) is 5.62. The molecule has 1 aliphatic heterocycles. The second kappa shape index (κ2) is 9.63. The van der Waals surface area contributed by atoms with Gasteiger partial charge in [0.2, 0.25) is 0 Å². The molecule has 1 fully saturated rings. The highest BCUT2D eigenvalue weighted by atomic mass is 32.2. The van der Waals surface area contributed by atoms with Gasteiger partial charge in [0.1, 0.15) is 6.10 Å². The first-order valence-electron chi connectivity index (χ1n) is 10.6. The Morgan fingerprint density at radius 2 is 1.37 bits per heavy atom. The van der Waals surface area contributed by atoms with Crippen LogP contribution >= 0.6 is 0 Å². The van der Waals surface area contributed by atoms with E-state index in [1.807, 2.05) is 34.6 Å². The Balaban J connectivity index is 3.08. The Bertz CT molecular complexity index is 1000. The number of hydrogen-bond donors (Lipinski definition) is 1. The Morgan fingerprint density at radius 1 is 0.943 bits per heavy atom. The van der Waals surface area contributed by atoms with Gasteiger partial charge in [0, 0.05) is 13.1 Å². The smallest absolute Gasteiger partial charge is 0.439 e. The van der Waals surface area contributed by atoms with E-state index in [9.17, 15) is 48.0 Å². The third-order valence-corrected chi connectivity index (χ3v) is 9.17. The normalized spacial score (nSPS) is 20.1. The molecule has 0 spiro atoms. The highest BCUT2D eigenvalue weighted by molar-refractivity contribution is 7.90. The third-order valence-electron chi connectivity index (χ3n) is 6.32. The summed E-state index contributed by atoms with van der Waals surface area (Å²) in [5.41, 5.74) is -1.52. The van der Waals surface area contributed by atoms with Crippen molar-refractivity contribution in [2.24, 2.45) is 16.7 Å². The highest BCUT2D eigenvalue weighted by Crippen LogP contribution is 2.51. The molecule has 1 saturated heterocycles. The summed E-state index contributed by atoms with van der Waals surface area (Å²) in [4.78, 5) is 13.0. The number of carbonyl (C=O) groups is 1. The first-order valence-corrected chi connectivity index (χ1v) is 13.5. The van der Waals surface area contributed by atoms with Crippen LogP contribution in [0.25, 0.3) is 0 Å². The summed E-state index contributed by atoms with van der Waals surface area (Å²) < 4.78 is 142. The van der Waals surface area contributed by atoms with Crippen molar-refractivity contribution in [3.63, 3.8) is 0 Å². The number of nitrogens with zero attached hydrogens (tertiary/aromatic N) is 1. The maximum Gasteiger partial charge on any atom is 0.439 e. The molecule has 16 heteroatoms. The van der Waals surface area contributed by atoms with E-state index in [0.29, 0.717) is 6.42 Å². The van der Waals surface area contributed by atoms with E-state index in [-0.39, 0.29) is 10.2 Å². The molecule has 0 radical (unpaired) electrons. The van der Waals surface area contributed by atoms with E-state index < -0.39 is 85.4 Å². The maximum absolute atomic E-state index is 14.2. The predicted molar refractivity (Wildman–Crippen MR) is 113 cm³/mol. The van der Waals surface area contributed by atoms with Crippen LogP contribution in [0.4, 0.5) is 26.3 Å². The van der Waals surface area contributed by atoms with Gasteiger partial charge in [-0.2, -0.15) is 39.1 Å². The van der Waals surface area contributed by atoms with Crippen LogP contribution in [-0.4, -0.2) is 67.3 Å². The molecule has 0 aliphatic carbocycles. The topological polar surface area (TPSA) is 118 Å². The van der Waals surface area contributed by atoms with Crippen LogP contribution in [-0.2, 0) is 29.7 Å². The average Bonchev–Trinajstić information content (AvgIpc) is 2.65. The van der Waals surface area contributed by atoms with Crippen LogP contribution in [0.15, 0.2) is 0 Å². The molecule has 0 aromatic heterocycles. The quantitative estimate of drug-likeness (QED) is 0.255. The molecular formula is C19H31F6NO7S2. The first kappa shape index (κ1) is 31.9. The number of rotatable bonds is 9. The molecular weight excluding hydrogens is 532 g/mol. The summed E-state index contributed by atoms with van der Waals surface area (Å²) in [6.45, 7) is 9.14. The minimum absolute atomic E-state index is 0.100. The van der Waals surface area contributed by atoms with Crippen LogP contribution in [0.3, 0.4) is 0 Å². The first-order chi connectivity index (χ1) is 15.3. The van der Waals surface area contributed by atoms with Crippen molar-refractivity contribution in [2.75, 3.05) is 13.1 Å². The van der Waals surface area contributed by atoms with Crippen LogP contribution in [0.2, 0.25) is 0 Å². The Labute approximate surface area is 201 Å². The van der Waals surface area contributed by atoms with Crippen LogP contribution in [0.5, 0.6) is 0 Å². The molecule has 8 nitrogen and oxygen atoms in total. The Hall–Kier alpha value is -1.13. The van der Waals surface area contributed by atoms with Crippen molar-refractivity contribution in [3.8, 4) is 0 Å². The van der Waals surface area contributed by atoms with Gasteiger partial charge in [-0.05, 0) is 37.5 Å². The zero-order valence-corrected chi connectivity index (χ0v) is 21.8. The monoisotopic (exact) mass is 563 g/mol. The molecule has 1 N–H and O–H groups in total. The molecule has 1 rings (SSSR count). The molecule has 0 saturated carbocycles. The lowest BCUT2D eigenvalue weighted by atomic mass is 9.64. The van der Waals surface area contributed by atoms with Crippen molar-refractivity contribution in [2.45, 2.75) is 83.3 Å². The van der Waals surface area contributed by atoms with Crippen molar-refractivity contribution in [1.82, 2.24) is 4.31 Å². The SMILES string of the molecule is CC(C)CC(C)(C(=O)OC1CCN(S(=O)(=O)C(F)(F)C(F)(F)C(F)(F)S(=O)(=O)O)CC1)C(C)(C)C. The molecule has 0 bridgehead atoms. The fourth-order valence-electron chi connectivity index (χ4n) is 3.64. The lowest BCUT2D eigenvalue weighted by Crippen LogP contribution is -2.63. The van der Waals surface area contributed by atoms with Gasteiger partial charge in [0.15, 0.2) is 0 Å². The van der Waals surface area contributed by atoms with Crippen LogP contribution in [0.1, 0.15) is 60.8 Å². The zero-order chi connectivity index (χ0) is 28.1. The molecule has 208 valence electrons. The zero-order valence-electron chi connectivity index (χ0n) is 20.1. The van der Waals surface area contributed by atoms with Gasteiger partial charge in [-0.15, -0.1) is 0 Å². The summed E-state index contributed by atoms with van der Waals surface area (Å²) in [5, 5.41) is -13.4. The van der Waals surface area contributed by atoms with Crippen molar-refractivity contribution >= 4 is 26.1 Å². The van der Waals surface area contributed by atoms with Crippen molar-refractivity contribution in [3.05, 3.63) is 0 Å². The minimum atomic E-state index is -7.10. The van der Waals surface area contributed by atoms with Gasteiger partial charge in [0.25, 0.3) is 10.0 Å². The van der Waals surface area contributed by atoms with Crippen LogP contribution < -0.4 is 0 Å². The van der Waals surface area contributed by atoms with Crippen molar-refractivity contribution < 1.29 is 57.3 Å². The van der Waals surface area contributed by atoms with E-state index in [0.717, 1.165) is 0 Å². The molecule has 0 aromatic rings. The van der Waals surface area contributed by atoms with E-state index in [1.165, 1.54) is 0 Å². The van der Waals surface area contributed by atoms with Crippen LogP contribution in [0, 0.1) is 16.7 Å².